The second kappa shape index (κ2) is 6.56. The van der Waals surface area contributed by atoms with Crippen LogP contribution >= 0.6 is 0 Å². The zero-order valence-corrected chi connectivity index (χ0v) is 9.30. The molecule has 0 atom stereocenters. The van der Waals surface area contributed by atoms with Gasteiger partial charge in [-0.05, 0) is 5.56 Å². The number of hydrogen-bond acceptors (Lipinski definition) is 2. The summed E-state index contributed by atoms with van der Waals surface area (Å²) in [6.07, 6.45) is 4.54. The maximum Gasteiger partial charge on any atom is 0.220 e. The molecule has 0 aliphatic carbocycles. The molecule has 0 aliphatic heterocycles. The number of hydrogen-bond donors (Lipinski definition) is 0. The Hall–Kier alpha value is -1.90. The monoisotopic (exact) mass is 217 g/mol. The van der Waals surface area contributed by atoms with Crippen LogP contribution in [0, 0.1) is 0 Å². The lowest BCUT2D eigenvalue weighted by atomic mass is 10.2. The summed E-state index contributed by atoms with van der Waals surface area (Å²) in [5.41, 5.74) is 1.08. The second-order valence-electron chi connectivity index (χ2n) is 3.40. The van der Waals surface area contributed by atoms with E-state index in [0.717, 1.165) is 11.8 Å². The molecule has 0 aromatic heterocycles. The molecule has 84 valence electrons. The van der Waals surface area contributed by atoms with Gasteiger partial charge in [0.2, 0.25) is 5.91 Å². The summed E-state index contributed by atoms with van der Waals surface area (Å²) in [5.74, 6) is -0.0928. The topological polar surface area (TPSA) is 37.4 Å². The molecule has 1 rings (SSSR count). The van der Waals surface area contributed by atoms with Gasteiger partial charge in [0.25, 0.3) is 0 Å². The largest absolute Gasteiger partial charge is 0.332 e. The number of nitrogens with zero attached hydrogens (tertiary/aromatic N) is 1. The summed E-state index contributed by atoms with van der Waals surface area (Å²) in [5, 5.41) is 0. The van der Waals surface area contributed by atoms with E-state index in [1.807, 2.05) is 42.5 Å². The van der Waals surface area contributed by atoms with Crippen LogP contribution in [0.2, 0.25) is 0 Å². The van der Waals surface area contributed by atoms with Crippen LogP contribution in [0.4, 0.5) is 0 Å². The fourth-order valence-electron chi connectivity index (χ4n) is 1.30. The van der Waals surface area contributed by atoms with Gasteiger partial charge in [-0.1, -0.05) is 42.5 Å². The summed E-state index contributed by atoms with van der Waals surface area (Å²) >= 11 is 0. The first kappa shape index (κ1) is 12.2. The molecule has 0 unspecified atom stereocenters. The van der Waals surface area contributed by atoms with Crippen LogP contribution in [0.3, 0.4) is 0 Å². The Balaban J connectivity index is 2.52. The van der Waals surface area contributed by atoms with Crippen molar-refractivity contribution in [1.29, 1.82) is 0 Å². The molecule has 1 aromatic rings. The minimum Gasteiger partial charge on any atom is -0.332 e. The number of aldehydes is 1. The van der Waals surface area contributed by atoms with E-state index in [1.165, 1.54) is 11.8 Å². The van der Waals surface area contributed by atoms with E-state index in [0.29, 0.717) is 6.54 Å². The molecule has 0 heterocycles. The lowest BCUT2D eigenvalue weighted by Gasteiger charge is -2.15. The average Bonchev–Trinajstić information content (AvgIpc) is 2.29. The third-order valence-corrected chi connectivity index (χ3v) is 2.18. The summed E-state index contributed by atoms with van der Waals surface area (Å²) in [4.78, 5) is 22.9. The average molecular weight is 217 g/mol. The van der Waals surface area contributed by atoms with Gasteiger partial charge in [-0.25, -0.2) is 0 Å². The smallest absolute Gasteiger partial charge is 0.220 e. The van der Waals surface area contributed by atoms with Crippen molar-refractivity contribution in [3.63, 3.8) is 0 Å². The minimum absolute atomic E-state index is 0.0928. The van der Waals surface area contributed by atoms with E-state index < -0.39 is 0 Å². The third-order valence-electron chi connectivity index (χ3n) is 2.18. The number of amides is 1. The Labute approximate surface area is 95.4 Å². The molecular weight excluding hydrogens is 202 g/mol. The summed E-state index contributed by atoms with van der Waals surface area (Å²) in [7, 11) is 0. The molecular formula is C13H15NO2. The molecule has 1 amide bonds. The predicted octanol–water partition coefficient (Wildman–Crippen LogP) is 1.75. The number of benzene rings is 1. The lowest BCUT2D eigenvalue weighted by Crippen LogP contribution is -2.30. The van der Waals surface area contributed by atoms with Crippen LogP contribution in [0.15, 0.2) is 36.4 Å². The van der Waals surface area contributed by atoms with Crippen molar-refractivity contribution in [2.75, 3.05) is 13.1 Å². The number of carbonyl (C=O) groups is 2. The van der Waals surface area contributed by atoms with Crippen LogP contribution in [0.1, 0.15) is 12.5 Å². The fourth-order valence-corrected chi connectivity index (χ4v) is 1.30. The summed E-state index contributed by atoms with van der Waals surface area (Å²) in [6.45, 7) is 2.07. The molecule has 0 spiro atoms. The van der Waals surface area contributed by atoms with Gasteiger partial charge in [-0.3, -0.25) is 4.79 Å². The highest BCUT2D eigenvalue weighted by Crippen LogP contribution is 2.01. The van der Waals surface area contributed by atoms with E-state index in [4.69, 9.17) is 0 Å². The summed E-state index contributed by atoms with van der Waals surface area (Å²) < 4.78 is 0. The van der Waals surface area contributed by atoms with E-state index in [-0.39, 0.29) is 12.5 Å². The van der Waals surface area contributed by atoms with Crippen molar-refractivity contribution in [3.8, 4) is 0 Å². The first-order valence-corrected chi connectivity index (χ1v) is 5.15. The van der Waals surface area contributed by atoms with Gasteiger partial charge in [-0.15, -0.1) is 0 Å². The zero-order valence-electron chi connectivity index (χ0n) is 9.30. The van der Waals surface area contributed by atoms with Gasteiger partial charge in [0.15, 0.2) is 0 Å². The Morgan fingerprint density at radius 2 is 1.94 bits per heavy atom. The third kappa shape index (κ3) is 4.09. The van der Waals surface area contributed by atoms with Crippen LogP contribution in [0.25, 0.3) is 6.08 Å². The Bertz CT molecular complexity index is 371. The molecule has 16 heavy (non-hydrogen) atoms. The van der Waals surface area contributed by atoms with Crippen LogP contribution in [0.5, 0.6) is 0 Å². The van der Waals surface area contributed by atoms with Gasteiger partial charge in [0.05, 0.1) is 6.54 Å². The molecule has 0 N–H and O–H groups in total. The Morgan fingerprint density at radius 3 is 2.50 bits per heavy atom. The van der Waals surface area contributed by atoms with E-state index in [1.54, 1.807) is 0 Å². The molecule has 0 radical (unpaired) electrons. The Morgan fingerprint density at radius 1 is 1.25 bits per heavy atom. The minimum atomic E-state index is -0.0928. The van der Waals surface area contributed by atoms with E-state index in [9.17, 15) is 9.59 Å². The van der Waals surface area contributed by atoms with Crippen molar-refractivity contribution in [2.45, 2.75) is 6.92 Å². The van der Waals surface area contributed by atoms with Crippen LogP contribution in [-0.4, -0.2) is 30.2 Å². The van der Waals surface area contributed by atoms with Crippen molar-refractivity contribution >= 4 is 18.3 Å². The van der Waals surface area contributed by atoms with E-state index >= 15 is 0 Å². The van der Waals surface area contributed by atoms with Gasteiger partial charge in [0, 0.05) is 13.5 Å². The van der Waals surface area contributed by atoms with Gasteiger partial charge < -0.3 is 9.69 Å². The van der Waals surface area contributed by atoms with Gasteiger partial charge in [-0.2, -0.15) is 0 Å². The Kier molecular flexibility index (Phi) is 4.99. The molecule has 3 heteroatoms. The first-order valence-electron chi connectivity index (χ1n) is 5.15. The van der Waals surface area contributed by atoms with Crippen molar-refractivity contribution in [2.24, 2.45) is 0 Å². The molecule has 0 saturated heterocycles. The lowest BCUT2D eigenvalue weighted by molar-refractivity contribution is -0.130. The number of rotatable bonds is 5. The van der Waals surface area contributed by atoms with E-state index in [2.05, 4.69) is 0 Å². The molecule has 0 aliphatic rings. The van der Waals surface area contributed by atoms with Crippen molar-refractivity contribution < 1.29 is 9.59 Å². The summed E-state index contributed by atoms with van der Waals surface area (Å²) in [6, 6.07) is 9.82. The predicted molar refractivity (Wildman–Crippen MR) is 63.8 cm³/mol. The number of carbonyl (C=O) groups excluding carboxylic acids is 2. The zero-order chi connectivity index (χ0) is 11.8. The normalized spacial score (nSPS) is 10.3. The van der Waals surface area contributed by atoms with Crippen LogP contribution in [-0.2, 0) is 9.59 Å². The highest BCUT2D eigenvalue weighted by Gasteiger charge is 2.04. The maximum absolute atomic E-state index is 11.1. The molecule has 3 nitrogen and oxygen atoms in total. The quantitative estimate of drug-likeness (QED) is 0.704. The highest BCUT2D eigenvalue weighted by molar-refractivity contribution is 5.76. The van der Waals surface area contributed by atoms with Crippen molar-refractivity contribution in [3.05, 3.63) is 42.0 Å². The fraction of sp³-hybridized carbons (Fsp3) is 0.231. The molecule has 0 saturated carbocycles. The molecule has 0 bridgehead atoms. The van der Waals surface area contributed by atoms with Crippen molar-refractivity contribution in [1.82, 2.24) is 4.90 Å². The molecule has 0 fully saturated rings. The molecule has 1 aromatic carbocycles. The van der Waals surface area contributed by atoms with Gasteiger partial charge >= 0.3 is 0 Å². The van der Waals surface area contributed by atoms with Gasteiger partial charge in [0.1, 0.15) is 6.29 Å². The highest BCUT2D eigenvalue weighted by atomic mass is 16.2. The SMILES string of the molecule is CC(=O)N(CC=O)C/C=C/c1ccccc1. The standard InChI is InChI=1S/C13H15NO2/c1-12(16)14(10-11-15)9-5-8-13-6-3-2-4-7-13/h2-8,11H,9-10H2,1H3/b8-5+. The first-order chi connectivity index (χ1) is 7.74. The van der Waals surface area contributed by atoms with Crippen LogP contribution < -0.4 is 0 Å². The maximum atomic E-state index is 11.1. The second-order valence-corrected chi connectivity index (χ2v) is 3.40.